The molecule has 0 saturated heterocycles. The van der Waals surface area contributed by atoms with Crippen molar-refractivity contribution in [2.24, 2.45) is 0 Å². The second kappa shape index (κ2) is 66.9. The molecule has 0 fully saturated rings. The molecule has 0 atom stereocenters. The first-order valence-electron chi connectivity index (χ1n) is 36.6. The van der Waals surface area contributed by atoms with Crippen molar-refractivity contribution in [3.05, 3.63) is 182 Å². The minimum atomic E-state index is -1.90. The van der Waals surface area contributed by atoms with Crippen LogP contribution in [0.3, 0.4) is 0 Å². The Hall–Kier alpha value is -4.08. The zero-order valence-corrected chi connectivity index (χ0v) is 65.0. The van der Waals surface area contributed by atoms with Crippen LogP contribution >= 0.6 is 14.5 Å². The summed E-state index contributed by atoms with van der Waals surface area (Å²) in [5.41, 5.74) is 0. The molecular formula is C80H118Cl2O21P2. The van der Waals surface area contributed by atoms with E-state index in [0.717, 1.165) is 12.3 Å². The molecule has 0 spiro atoms. The average molecular weight is 1550 g/mol. The normalized spacial score (nSPS) is 11.7. The zero-order valence-electron chi connectivity index (χ0n) is 61.7. The molecule has 6 aromatic carbocycles. The third-order valence-corrected chi connectivity index (χ3v) is 24.5. The molecule has 588 valence electrons. The molecule has 25 heteroatoms. The summed E-state index contributed by atoms with van der Waals surface area (Å²) in [5, 5.41) is 8.14. The molecule has 6 aromatic rings. The van der Waals surface area contributed by atoms with E-state index in [1.54, 1.807) is 0 Å². The fourth-order valence-electron chi connectivity index (χ4n) is 10.7. The van der Waals surface area contributed by atoms with E-state index in [1.807, 2.05) is 0 Å². The lowest BCUT2D eigenvalue weighted by molar-refractivity contribution is -0.0315. The summed E-state index contributed by atoms with van der Waals surface area (Å²) >= 11 is 0. The average Bonchev–Trinajstić information content (AvgIpc) is 0.769. The number of rotatable bonds is 72. The molecule has 0 aliphatic carbocycles. The molecule has 0 saturated carbocycles. The summed E-state index contributed by atoms with van der Waals surface area (Å²) in [6, 6.07) is 65.2. The van der Waals surface area contributed by atoms with Crippen LogP contribution in [0.2, 0.25) is 0 Å². The molecule has 0 N–H and O–H groups in total. The number of hydrogen-bond donors (Lipinski definition) is 0. The van der Waals surface area contributed by atoms with Gasteiger partial charge in [-0.05, 0) is 72.8 Å². The maximum Gasteiger partial charge on any atom is 0.114 e. The van der Waals surface area contributed by atoms with E-state index >= 15 is 0 Å². The van der Waals surface area contributed by atoms with Gasteiger partial charge in [-0.15, -0.1) is 0 Å². The largest absolute Gasteiger partial charge is 1.00 e. The third-order valence-electron chi connectivity index (χ3n) is 15.8. The molecule has 0 aliphatic rings. The third kappa shape index (κ3) is 42.6. The molecule has 21 nitrogen and oxygen atoms in total. The highest BCUT2D eigenvalue weighted by Gasteiger charge is 2.46. The number of hydrogen-bond acceptors (Lipinski definition) is 21. The van der Waals surface area contributed by atoms with Crippen LogP contribution in [0.4, 0.5) is 0 Å². The maximum atomic E-state index is 6.15. The standard InChI is InChI=1S/C80H118O21P2.2ClH/c1-7-19-75(20-8-1)102(76-21-9-2-10-22-76,77-23-11-3-12-24-77)73-71-100-69-67-98-65-63-96-61-59-94-57-55-92-53-51-90-49-47-88-45-43-86-41-39-84-37-35-82-33-31-81-32-34-83-36-38-85-40-42-87-44-46-89-48-50-91-52-54-93-56-58-95-60-62-97-64-66-99-68-70-101-72-74-103(78-25-13-4-14-26-78,79-27-15-5-16-28-79)80-29-17-6-18-30-80;;/h1-30H,31-74H2;2*1H/q+2;;/p-2. The van der Waals surface area contributed by atoms with Gasteiger partial charge < -0.3 is 124 Å². The maximum absolute atomic E-state index is 6.15. The van der Waals surface area contributed by atoms with E-state index in [4.69, 9.17) is 99.5 Å². The predicted molar refractivity (Wildman–Crippen MR) is 407 cm³/mol. The van der Waals surface area contributed by atoms with Crippen LogP contribution in [0.1, 0.15) is 0 Å². The van der Waals surface area contributed by atoms with E-state index in [2.05, 4.69) is 182 Å². The molecule has 0 aliphatic heterocycles. The lowest BCUT2D eigenvalue weighted by Gasteiger charge is -2.27. The van der Waals surface area contributed by atoms with Gasteiger partial charge in [0.2, 0.25) is 0 Å². The van der Waals surface area contributed by atoms with Gasteiger partial charge in [0, 0.05) is 0 Å². The zero-order chi connectivity index (χ0) is 71.6. The lowest BCUT2D eigenvalue weighted by atomic mass is 10.4. The van der Waals surface area contributed by atoms with Gasteiger partial charge >= 0.3 is 0 Å². The Balaban J connectivity index is 0.0000117. The van der Waals surface area contributed by atoms with Crippen molar-refractivity contribution in [2.45, 2.75) is 0 Å². The number of ether oxygens (including phenoxy) is 21. The topological polar surface area (TPSA) is 194 Å². The van der Waals surface area contributed by atoms with Crippen LogP contribution < -0.4 is 56.6 Å². The summed E-state index contributed by atoms with van der Waals surface area (Å²) in [6.07, 6.45) is 1.82. The Morgan fingerprint density at radius 1 is 0.124 bits per heavy atom. The first-order valence-corrected chi connectivity index (χ1v) is 40.5. The molecule has 0 unspecified atom stereocenters. The van der Waals surface area contributed by atoms with Crippen molar-refractivity contribution in [1.82, 2.24) is 0 Å². The van der Waals surface area contributed by atoms with Gasteiger partial charge in [-0.2, -0.15) is 0 Å². The second-order valence-electron chi connectivity index (χ2n) is 22.9. The minimum Gasteiger partial charge on any atom is -1.00 e. The van der Waals surface area contributed by atoms with Crippen LogP contribution in [0.15, 0.2) is 182 Å². The van der Waals surface area contributed by atoms with E-state index in [-0.39, 0.29) is 24.8 Å². The van der Waals surface area contributed by atoms with Crippen molar-refractivity contribution in [3.63, 3.8) is 0 Å². The van der Waals surface area contributed by atoms with Crippen molar-refractivity contribution in [1.29, 1.82) is 0 Å². The molecule has 0 bridgehead atoms. The van der Waals surface area contributed by atoms with Crippen molar-refractivity contribution >= 4 is 46.4 Å². The second-order valence-corrected chi connectivity index (χ2v) is 30.2. The van der Waals surface area contributed by atoms with Crippen molar-refractivity contribution in [3.8, 4) is 0 Å². The van der Waals surface area contributed by atoms with E-state index in [0.29, 0.717) is 277 Å². The van der Waals surface area contributed by atoms with Crippen LogP contribution in [-0.2, 0) is 99.5 Å². The van der Waals surface area contributed by atoms with E-state index in [9.17, 15) is 0 Å². The fourth-order valence-corrected chi connectivity index (χ4v) is 18.9. The van der Waals surface area contributed by atoms with Crippen molar-refractivity contribution in [2.75, 3.05) is 290 Å². The number of benzene rings is 6. The highest BCUT2D eigenvalue weighted by molar-refractivity contribution is 7.96. The highest BCUT2D eigenvalue weighted by Crippen LogP contribution is 2.56. The summed E-state index contributed by atoms with van der Waals surface area (Å²) in [6.45, 7) is 21.0. The SMILES string of the molecule is [Cl-].[Cl-].c1ccc([P+](CCOCCOCCOCCOCCOCCOCCOCCOCCOCCOCCOCCOCCOCCOCCOCCOCCOCCOCCOCCOCCOCC[P+](c2ccccc2)(c2ccccc2)c2ccccc2)(c2ccccc2)c2ccccc2)cc1. The Morgan fingerprint density at radius 2 is 0.210 bits per heavy atom. The van der Waals surface area contributed by atoms with Crippen LogP contribution in [0.25, 0.3) is 0 Å². The van der Waals surface area contributed by atoms with Gasteiger partial charge in [0.15, 0.2) is 0 Å². The lowest BCUT2D eigenvalue weighted by Crippen LogP contribution is -3.00. The molecular weight excluding hydrogens is 1430 g/mol. The van der Waals surface area contributed by atoms with Crippen LogP contribution in [0, 0.1) is 0 Å². The first-order chi connectivity index (χ1) is 51.3. The van der Waals surface area contributed by atoms with Gasteiger partial charge in [0.1, 0.15) is 46.4 Å². The molecule has 6 rings (SSSR count). The van der Waals surface area contributed by atoms with Crippen LogP contribution in [-0.4, -0.2) is 290 Å². The summed E-state index contributed by atoms with van der Waals surface area (Å²) in [7, 11) is -3.81. The monoisotopic (exact) mass is 1550 g/mol. The fraction of sp³-hybridized carbons (Fsp3) is 0.550. The molecule has 105 heavy (non-hydrogen) atoms. The minimum absolute atomic E-state index is 0. The Bertz CT molecular complexity index is 2410. The number of halogens is 2. The summed E-state index contributed by atoms with van der Waals surface area (Å²) < 4.78 is 119. The van der Waals surface area contributed by atoms with Gasteiger partial charge in [-0.25, -0.2) is 0 Å². The van der Waals surface area contributed by atoms with E-state index in [1.165, 1.54) is 31.8 Å². The van der Waals surface area contributed by atoms with Gasteiger partial charge in [-0.3, -0.25) is 0 Å². The van der Waals surface area contributed by atoms with E-state index < -0.39 is 14.5 Å². The molecule has 0 radical (unpaired) electrons. The first kappa shape index (κ1) is 93.3. The highest BCUT2D eigenvalue weighted by atomic mass is 35.5. The summed E-state index contributed by atoms with van der Waals surface area (Å²) in [4.78, 5) is 0. The van der Waals surface area contributed by atoms with Crippen molar-refractivity contribution < 1.29 is 124 Å². The molecule has 0 aromatic heterocycles. The molecule has 0 amide bonds. The quantitative estimate of drug-likeness (QED) is 0.0392. The summed E-state index contributed by atoms with van der Waals surface area (Å²) in [5.74, 6) is 0. The molecule has 0 heterocycles. The Kier molecular flexibility index (Phi) is 59.4. The van der Waals surface area contributed by atoms with Gasteiger partial charge in [0.05, 0.1) is 290 Å². The Labute approximate surface area is 639 Å². The van der Waals surface area contributed by atoms with Gasteiger partial charge in [-0.1, -0.05) is 109 Å². The Morgan fingerprint density at radius 3 is 0.305 bits per heavy atom. The van der Waals surface area contributed by atoms with Gasteiger partial charge in [0.25, 0.3) is 0 Å². The smallest absolute Gasteiger partial charge is 0.114 e. The van der Waals surface area contributed by atoms with Crippen LogP contribution in [0.5, 0.6) is 0 Å². The predicted octanol–water partition coefficient (Wildman–Crippen LogP) is 1.33.